The molecule has 0 spiro atoms. The Kier molecular flexibility index (Phi) is 8.31. The van der Waals surface area contributed by atoms with Crippen LogP contribution in [0.15, 0.2) is 61.4 Å². The zero-order chi connectivity index (χ0) is 27.3. The van der Waals surface area contributed by atoms with E-state index in [-0.39, 0.29) is 36.3 Å². The van der Waals surface area contributed by atoms with Crippen molar-refractivity contribution in [2.45, 2.75) is 39.3 Å². The first-order valence-corrected chi connectivity index (χ1v) is 10.9. The lowest BCUT2D eigenvalue weighted by atomic mass is 10.1. The second kappa shape index (κ2) is 11.2. The number of carbonyl (C=O) groups excluding carboxylic acids is 2. The molecular formula is C25H24F4N4O4. The zero-order valence-electron chi connectivity index (χ0n) is 20.1. The van der Waals surface area contributed by atoms with Crippen molar-refractivity contribution in [3.8, 4) is 5.88 Å². The van der Waals surface area contributed by atoms with Gasteiger partial charge in [0.05, 0.1) is 18.4 Å². The predicted octanol–water partition coefficient (Wildman–Crippen LogP) is 4.78. The molecular weight excluding hydrogens is 496 g/mol. The first kappa shape index (κ1) is 27.4. The van der Waals surface area contributed by atoms with E-state index in [9.17, 15) is 27.2 Å². The molecule has 0 fully saturated rings. The van der Waals surface area contributed by atoms with Gasteiger partial charge in [-0.1, -0.05) is 13.2 Å². The third-order valence-electron chi connectivity index (χ3n) is 5.32. The smallest absolute Gasteiger partial charge is 0.340 e. The van der Waals surface area contributed by atoms with Crippen molar-refractivity contribution in [1.29, 1.82) is 0 Å². The van der Waals surface area contributed by atoms with Crippen molar-refractivity contribution >= 4 is 17.6 Å². The number of hydrogen-bond acceptors (Lipinski definition) is 6. The van der Waals surface area contributed by atoms with E-state index >= 15 is 0 Å². The highest BCUT2D eigenvalue weighted by Gasteiger charge is 2.42. The Balaban J connectivity index is 1.73. The maximum absolute atomic E-state index is 13.1. The maximum Gasteiger partial charge on any atom is 0.340 e. The molecule has 0 radical (unpaired) electrons. The number of ether oxygens (including phenoxy) is 2. The number of aromatic nitrogens is 2. The van der Waals surface area contributed by atoms with Gasteiger partial charge in [-0.3, -0.25) is 9.59 Å². The van der Waals surface area contributed by atoms with Gasteiger partial charge >= 0.3 is 12.3 Å². The minimum absolute atomic E-state index is 0.103. The van der Waals surface area contributed by atoms with Crippen molar-refractivity contribution in [2.75, 3.05) is 11.9 Å². The van der Waals surface area contributed by atoms with Crippen LogP contribution < -0.4 is 10.1 Å². The summed E-state index contributed by atoms with van der Waals surface area (Å²) in [6.45, 7) is 9.03. The van der Waals surface area contributed by atoms with Crippen LogP contribution in [-0.2, 0) is 22.6 Å². The van der Waals surface area contributed by atoms with Gasteiger partial charge in [0.15, 0.2) is 6.61 Å². The summed E-state index contributed by atoms with van der Waals surface area (Å²) in [6.07, 6.45) is 1.20. The van der Waals surface area contributed by atoms with Gasteiger partial charge in [-0.05, 0) is 37.1 Å². The Labute approximate surface area is 210 Å². The first-order valence-electron chi connectivity index (χ1n) is 10.9. The average molecular weight is 520 g/mol. The Bertz CT molecular complexity index is 1260. The van der Waals surface area contributed by atoms with E-state index < -0.39 is 24.9 Å². The summed E-state index contributed by atoms with van der Waals surface area (Å²) in [6, 6.07) is 3.09. The van der Waals surface area contributed by atoms with Crippen molar-refractivity contribution in [1.82, 2.24) is 14.9 Å². The Hall–Kier alpha value is -4.22. The fraction of sp³-hybridized carbons (Fsp3) is 0.280. The molecule has 0 aliphatic carbocycles. The summed E-state index contributed by atoms with van der Waals surface area (Å²) >= 11 is 0. The van der Waals surface area contributed by atoms with Crippen molar-refractivity contribution in [2.24, 2.45) is 0 Å². The largest absolute Gasteiger partial charge is 0.472 e. The molecule has 37 heavy (non-hydrogen) atoms. The molecule has 0 saturated carbocycles. The van der Waals surface area contributed by atoms with Gasteiger partial charge in [0.2, 0.25) is 5.88 Å². The molecule has 0 unspecified atom stereocenters. The van der Waals surface area contributed by atoms with Gasteiger partial charge < -0.3 is 19.7 Å². The average Bonchev–Trinajstić information content (AvgIpc) is 3.14. The highest BCUT2D eigenvalue weighted by Crippen LogP contribution is 2.30. The molecule has 0 saturated heterocycles. The standard InChI is InChI=1S/C25H24F4N4O4/c1-5-36-12-19(14(2)3)21(34)32-20-18-11-33(23(35)17(18)6-7-30-20)10-16-8-15(4)22(31-9-16)37-13-25(28,29)24(26)27/h5-9,12,24H,1-2,10-11,13H2,3-4H3,(H,30,32,34)/b19-12+. The third kappa shape index (κ3) is 6.32. The highest BCUT2D eigenvalue weighted by molar-refractivity contribution is 6.08. The van der Waals surface area contributed by atoms with Gasteiger partial charge in [0.25, 0.3) is 11.8 Å². The molecule has 12 heteroatoms. The fourth-order valence-corrected chi connectivity index (χ4v) is 3.47. The van der Waals surface area contributed by atoms with Gasteiger partial charge in [-0.15, -0.1) is 0 Å². The molecule has 2 amide bonds. The van der Waals surface area contributed by atoms with E-state index in [4.69, 9.17) is 9.47 Å². The number of fused-ring (bicyclic) bond motifs is 1. The number of nitrogens with one attached hydrogen (secondary N) is 1. The van der Waals surface area contributed by atoms with Gasteiger partial charge in [-0.2, -0.15) is 8.78 Å². The van der Waals surface area contributed by atoms with Crippen LogP contribution in [0.5, 0.6) is 5.88 Å². The first-order chi connectivity index (χ1) is 17.4. The van der Waals surface area contributed by atoms with Crippen LogP contribution in [0.4, 0.5) is 23.4 Å². The van der Waals surface area contributed by atoms with E-state index in [1.807, 2.05) is 0 Å². The van der Waals surface area contributed by atoms with E-state index in [1.165, 1.54) is 36.5 Å². The number of aryl methyl sites for hydroxylation is 1. The fourth-order valence-electron chi connectivity index (χ4n) is 3.47. The van der Waals surface area contributed by atoms with Crippen molar-refractivity contribution in [3.63, 3.8) is 0 Å². The summed E-state index contributed by atoms with van der Waals surface area (Å²) < 4.78 is 60.7. The SMILES string of the molecule is C=CO/C=C(\C(=C)C)C(=O)Nc1nccc2c1CN(Cc1cnc(OCC(F)(F)C(F)F)c(C)c1)C2=O. The lowest BCUT2D eigenvalue weighted by Gasteiger charge is -2.18. The van der Waals surface area contributed by atoms with Crippen LogP contribution in [0, 0.1) is 6.92 Å². The van der Waals surface area contributed by atoms with E-state index in [2.05, 4.69) is 28.4 Å². The lowest BCUT2D eigenvalue weighted by molar-refractivity contribution is -0.148. The highest BCUT2D eigenvalue weighted by atomic mass is 19.3. The summed E-state index contributed by atoms with van der Waals surface area (Å²) in [4.78, 5) is 35.3. The lowest BCUT2D eigenvalue weighted by Crippen LogP contribution is -2.34. The van der Waals surface area contributed by atoms with Gasteiger partial charge in [-0.25, -0.2) is 18.7 Å². The second-order valence-corrected chi connectivity index (χ2v) is 8.23. The van der Waals surface area contributed by atoms with E-state index in [0.717, 1.165) is 6.26 Å². The van der Waals surface area contributed by atoms with Crippen molar-refractivity contribution in [3.05, 3.63) is 83.6 Å². The topological polar surface area (TPSA) is 93.7 Å². The number of hydrogen-bond donors (Lipinski definition) is 1. The van der Waals surface area contributed by atoms with Crippen molar-refractivity contribution < 1.29 is 36.6 Å². The van der Waals surface area contributed by atoms with Gasteiger partial charge in [0, 0.05) is 35.6 Å². The number of rotatable bonds is 11. The molecule has 2 aromatic heterocycles. The molecule has 196 valence electrons. The monoisotopic (exact) mass is 520 g/mol. The molecule has 1 aliphatic rings. The summed E-state index contributed by atoms with van der Waals surface area (Å²) in [7, 11) is 0. The Morgan fingerprint density at radius 2 is 2.08 bits per heavy atom. The number of carbonyl (C=O) groups is 2. The Morgan fingerprint density at radius 3 is 2.70 bits per heavy atom. The second-order valence-electron chi connectivity index (χ2n) is 8.23. The third-order valence-corrected chi connectivity index (χ3v) is 5.32. The van der Waals surface area contributed by atoms with Crippen LogP contribution in [0.3, 0.4) is 0 Å². The molecule has 0 atom stereocenters. The number of amides is 2. The number of anilines is 1. The number of pyridine rings is 2. The zero-order valence-corrected chi connectivity index (χ0v) is 20.1. The van der Waals surface area contributed by atoms with Crippen LogP contribution >= 0.6 is 0 Å². The quantitative estimate of drug-likeness (QED) is 0.198. The summed E-state index contributed by atoms with van der Waals surface area (Å²) in [5.41, 5.74) is 2.35. The van der Waals surface area contributed by atoms with Crippen LogP contribution in [0.25, 0.3) is 0 Å². The molecule has 0 aromatic carbocycles. The minimum atomic E-state index is -4.30. The van der Waals surface area contributed by atoms with Crippen LogP contribution in [0.2, 0.25) is 0 Å². The molecule has 8 nitrogen and oxygen atoms in total. The molecule has 1 N–H and O–H groups in total. The summed E-state index contributed by atoms with van der Waals surface area (Å²) in [5, 5.41) is 2.67. The molecule has 3 rings (SSSR count). The molecule has 0 bridgehead atoms. The molecule has 3 heterocycles. The van der Waals surface area contributed by atoms with Crippen LogP contribution in [0.1, 0.15) is 34.0 Å². The van der Waals surface area contributed by atoms with Gasteiger partial charge in [0.1, 0.15) is 12.1 Å². The minimum Gasteiger partial charge on any atom is -0.472 e. The predicted molar refractivity (Wildman–Crippen MR) is 126 cm³/mol. The molecule has 1 aliphatic heterocycles. The number of alkyl halides is 4. The number of halogens is 4. The van der Waals surface area contributed by atoms with E-state index in [0.29, 0.717) is 27.8 Å². The molecule has 2 aromatic rings. The van der Waals surface area contributed by atoms with Crippen LogP contribution in [-0.4, -0.2) is 45.6 Å². The Morgan fingerprint density at radius 1 is 1.35 bits per heavy atom. The number of nitrogens with zero attached hydrogens (tertiary/aromatic N) is 3. The maximum atomic E-state index is 13.1. The summed E-state index contributed by atoms with van der Waals surface area (Å²) in [5.74, 6) is -5.17. The normalized spacial score (nSPS) is 13.4. The van der Waals surface area contributed by atoms with E-state index in [1.54, 1.807) is 13.0 Å².